The molecule has 0 fully saturated rings. The molecule has 0 atom stereocenters. The molecule has 1 amide bonds. The van der Waals surface area contributed by atoms with Gasteiger partial charge < -0.3 is 5.11 Å². The van der Waals surface area contributed by atoms with Gasteiger partial charge in [-0.3, -0.25) is 4.79 Å². The van der Waals surface area contributed by atoms with Crippen LogP contribution in [0.5, 0.6) is 0 Å². The third kappa shape index (κ3) is 3.26. The molecular weight excluding hydrogens is 366 g/mol. The number of carbonyl (C=O) groups excluding carboxylic acids is 1. The van der Waals surface area contributed by atoms with Crippen molar-refractivity contribution in [2.24, 2.45) is 0 Å². The summed E-state index contributed by atoms with van der Waals surface area (Å²) in [6, 6.07) is 11.1. The maximum Gasteiger partial charge on any atom is 0.335 e. The van der Waals surface area contributed by atoms with Crippen molar-refractivity contribution in [1.29, 1.82) is 0 Å². The lowest BCUT2D eigenvalue weighted by Gasteiger charge is -2.17. The number of carboxylic acid groups (broad SMARTS) is 1. The van der Waals surface area contributed by atoms with E-state index in [0.717, 1.165) is 15.4 Å². The molecule has 0 saturated carbocycles. The summed E-state index contributed by atoms with van der Waals surface area (Å²) in [5, 5.41) is 8.96. The zero-order valence-corrected chi connectivity index (χ0v) is 16.0. The zero-order valence-electron chi connectivity index (χ0n) is 15.2. The van der Waals surface area contributed by atoms with Gasteiger partial charge in [-0.25, -0.2) is 17.5 Å². The first kappa shape index (κ1) is 18.8. The molecule has 0 aromatic heterocycles. The van der Waals surface area contributed by atoms with Gasteiger partial charge in [-0.05, 0) is 55.2 Å². The van der Waals surface area contributed by atoms with Gasteiger partial charge in [0.2, 0.25) is 0 Å². The van der Waals surface area contributed by atoms with Crippen molar-refractivity contribution < 1.29 is 23.1 Å². The minimum absolute atomic E-state index is 0.0257. The van der Waals surface area contributed by atoms with E-state index in [0.29, 0.717) is 11.1 Å². The maximum absolute atomic E-state index is 13.0. The molecule has 3 rings (SSSR count). The van der Waals surface area contributed by atoms with Crippen LogP contribution in [0, 0.1) is 13.8 Å². The van der Waals surface area contributed by atoms with Gasteiger partial charge in [0.25, 0.3) is 15.9 Å². The predicted octanol–water partition coefficient (Wildman–Crippen LogP) is 3.10. The van der Waals surface area contributed by atoms with Crippen molar-refractivity contribution in [2.45, 2.75) is 27.3 Å². The molecule has 2 aromatic rings. The second-order valence-corrected chi connectivity index (χ2v) is 8.37. The minimum Gasteiger partial charge on any atom is -0.478 e. The van der Waals surface area contributed by atoms with E-state index in [1.165, 1.54) is 31.2 Å². The Morgan fingerprint density at radius 3 is 2.19 bits per heavy atom. The zero-order chi connectivity index (χ0) is 19.9. The minimum atomic E-state index is -3.99. The Morgan fingerprint density at radius 1 is 1.00 bits per heavy atom. The molecule has 0 saturated heterocycles. The second kappa shape index (κ2) is 6.66. The first-order chi connectivity index (χ1) is 12.6. The lowest BCUT2D eigenvalue weighted by Crippen LogP contribution is -2.30. The van der Waals surface area contributed by atoms with Gasteiger partial charge in [-0.15, -0.1) is 0 Å². The van der Waals surface area contributed by atoms with Crippen molar-refractivity contribution >= 4 is 26.8 Å². The van der Waals surface area contributed by atoms with E-state index < -0.39 is 21.9 Å². The number of carboxylic acids is 1. The SMILES string of the molecule is CC1=C(c2ccc(C)c(C)c2)S(=O)(=O)N(Cc2ccc(C(=O)O)cc2)C1=O. The summed E-state index contributed by atoms with van der Waals surface area (Å²) < 4.78 is 26.9. The second-order valence-electron chi connectivity index (χ2n) is 6.57. The van der Waals surface area contributed by atoms with Gasteiger partial charge in [0, 0.05) is 5.57 Å². The fraction of sp³-hybridized carbons (Fsp3) is 0.200. The van der Waals surface area contributed by atoms with Crippen molar-refractivity contribution in [2.75, 3.05) is 0 Å². The molecular formula is C20H19NO5S. The standard InChI is InChI=1S/C20H19NO5S/c1-12-4-7-17(10-13(12)2)18-14(3)19(22)21(27(18,25)26)11-15-5-8-16(9-6-15)20(23)24/h4-10H,11H2,1-3H3,(H,23,24). The topological polar surface area (TPSA) is 91.8 Å². The van der Waals surface area contributed by atoms with E-state index in [9.17, 15) is 18.0 Å². The molecule has 7 heteroatoms. The van der Waals surface area contributed by atoms with E-state index in [1.54, 1.807) is 12.1 Å². The average Bonchev–Trinajstić information content (AvgIpc) is 2.77. The summed E-state index contributed by atoms with van der Waals surface area (Å²) in [6.45, 7) is 5.19. The number of nitrogens with zero attached hydrogens (tertiary/aromatic N) is 1. The van der Waals surface area contributed by atoms with Crippen LogP contribution >= 0.6 is 0 Å². The highest BCUT2D eigenvalue weighted by Gasteiger charge is 2.42. The van der Waals surface area contributed by atoms with E-state index in [2.05, 4.69) is 0 Å². The van der Waals surface area contributed by atoms with Crippen LogP contribution < -0.4 is 0 Å². The number of aryl methyl sites for hydroxylation is 2. The number of aromatic carboxylic acids is 1. The number of carbonyl (C=O) groups is 2. The molecule has 140 valence electrons. The van der Waals surface area contributed by atoms with E-state index >= 15 is 0 Å². The van der Waals surface area contributed by atoms with E-state index in [4.69, 9.17) is 5.11 Å². The Morgan fingerprint density at radius 2 is 1.63 bits per heavy atom. The summed E-state index contributed by atoms with van der Waals surface area (Å²) in [5.41, 5.74) is 3.28. The van der Waals surface area contributed by atoms with E-state index in [1.807, 2.05) is 19.9 Å². The van der Waals surface area contributed by atoms with E-state index in [-0.39, 0.29) is 22.6 Å². The average molecular weight is 385 g/mol. The molecule has 27 heavy (non-hydrogen) atoms. The normalized spacial score (nSPS) is 16.1. The smallest absolute Gasteiger partial charge is 0.335 e. The fourth-order valence-electron chi connectivity index (χ4n) is 3.02. The van der Waals surface area contributed by atoms with Gasteiger partial charge in [0.15, 0.2) is 0 Å². The van der Waals surface area contributed by atoms with Crippen LogP contribution in [0.25, 0.3) is 4.91 Å². The lowest BCUT2D eigenvalue weighted by molar-refractivity contribution is -0.122. The highest BCUT2D eigenvalue weighted by Crippen LogP contribution is 2.37. The Kier molecular flexibility index (Phi) is 4.65. The number of hydrogen-bond donors (Lipinski definition) is 1. The van der Waals surface area contributed by atoms with Crippen molar-refractivity contribution in [3.8, 4) is 0 Å². The maximum atomic E-state index is 13.0. The molecule has 0 spiro atoms. The van der Waals surface area contributed by atoms with Crippen LogP contribution in [0.15, 0.2) is 48.0 Å². The Labute approximate surface area is 157 Å². The largest absolute Gasteiger partial charge is 0.478 e. The van der Waals surface area contributed by atoms with Gasteiger partial charge in [-0.2, -0.15) is 0 Å². The number of rotatable bonds is 4. The van der Waals surface area contributed by atoms with Gasteiger partial charge >= 0.3 is 5.97 Å². The highest BCUT2D eigenvalue weighted by atomic mass is 32.2. The van der Waals surface area contributed by atoms with Crippen molar-refractivity contribution in [3.63, 3.8) is 0 Å². The lowest BCUT2D eigenvalue weighted by atomic mass is 10.0. The molecule has 2 aromatic carbocycles. The third-order valence-electron chi connectivity index (χ3n) is 4.73. The number of sulfonamides is 1. The molecule has 0 aliphatic carbocycles. The van der Waals surface area contributed by atoms with Gasteiger partial charge in [-0.1, -0.05) is 30.3 Å². The van der Waals surface area contributed by atoms with Crippen molar-refractivity contribution in [1.82, 2.24) is 4.31 Å². The first-order valence-corrected chi connectivity index (χ1v) is 9.74. The summed E-state index contributed by atoms with van der Waals surface area (Å²) in [7, 11) is -3.99. The van der Waals surface area contributed by atoms with Crippen LogP contribution in [0.2, 0.25) is 0 Å². The number of benzene rings is 2. The van der Waals surface area contributed by atoms with Gasteiger partial charge in [0.05, 0.1) is 12.1 Å². The molecule has 1 aliphatic rings. The summed E-state index contributed by atoms with van der Waals surface area (Å²) >= 11 is 0. The first-order valence-electron chi connectivity index (χ1n) is 8.30. The molecule has 1 N–H and O–H groups in total. The monoisotopic (exact) mass is 385 g/mol. The molecule has 6 nitrogen and oxygen atoms in total. The summed E-state index contributed by atoms with van der Waals surface area (Å²) in [5.74, 6) is -1.63. The van der Waals surface area contributed by atoms with Crippen LogP contribution in [-0.4, -0.2) is 29.7 Å². The summed E-state index contributed by atoms with van der Waals surface area (Å²) in [4.78, 5) is 23.6. The van der Waals surface area contributed by atoms with Crippen LogP contribution in [0.4, 0.5) is 0 Å². The molecule has 0 bridgehead atoms. The number of hydrogen-bond acceptors (Lipinski definition) is 4. The highest BCUT2D eigenvalue weighted by molar-refractivity contribution is 7.99. The van der Waals surface area contributed by atoms with Gasteiger partial charge in [0.1, 0.15) is 4.91 Å². The van der Waals surface area contributed by atoms with Crippen LogP contribution in [0.1, 0.15) is 39.5 Å². The molecule has 0 radical (unpaired) electrons. The Bertz CT molecular complexity index is 1080. The molecule has 1 heterocycles. The fourth-order valence-corrected chi connectivity index (χ4v) is 4.81. The van der Waals surface area contributed by atoms with Crippen LogP contribution in [0.3, 0.4) is 0 Å². The third-order valence-corrected chi connectivity index (χ3v) is 6.67. The molecule has 0 unspecified atom stereocenters. The van der Waals surface area contributed by atoms with Crippen molar-refractivity contribution in [3.05, 3.63) is 75.9 Å². The molecule has 1 aliphatic heterocycles. The van der Waals surface area contributed by atoms with Crippen LogP contribution in [-0.2, 0) is 21.4 Å². The summed E-state index contributed by atoms with van der Waals surface area (Å²) in [6.07, 6.45) is 0. The predicted molar refractivity (Wildman–Crippen MR) is 101 cm³/mol. The quantitative estimate of drug-likeness (QED) is 0.873. The number of amides is 1. The Hall–Kier alpha value is -2.93. The Balaban J connectivity index is 1.97.